The summed E-state index contributed by atoms with van der Waals surface area (Å²) in [4.78, 5) is 9.22. The molecule has 0 aromatic carbocycles. The van der Waals surface area contributed by atoms with Crippen molar-refractivity contribution < 1.29 is 8.42 Å². The number of imidazole rings is 1. The molecule has 1 aliphatic heterocycles. The minimum absolute atomic E-state index is 0.278. The number of aromatic nitrogens is 2. The summed E-state index contributed by atoms with van der Waals surface area (Å²) >= 11 is 0. The molecular formula is C21H36N4O2S. The Bertz CT molecular complexity index is 763. The molecule has 2 saturated carbocycles. The topological polar surface area (TPSA) is 58.4 Å². The molecule has 1 saturated heterocycles. The Hall–Kier alpha value is -0.920. The number of likely N-dealkylation sites (N-methyl/N-ethyl adjacent to an activating group) is 1. The normalized spacial score (nSPS) is 25.0. The summed E-state index contributed by atoms with van der Waals surface area (Å²) in [6.45, 7) is 3.75. The van der Waals surface area contributed by atoms with Crippen molar-refractivity contribution in [1.29, 1.82) is 0 Å². The molecule has 0 N–H and O–H groups in total. The van der Waals surface area contributed by atoms with E-state index in [1.165, 1.54) is 38.5 Å². The van der Waals surface area contributed by atoms with Crippen molar-refractivity contribution in [3.8, 4) is 0 Å². The third-order valence-electron chi connectivity index (χ3n) is 6.86. The lowest BCUT2D eigenvalue weighted by Crippen LogP contribution is -2.32. The van der Waals surface area contributed by atoms with Crippen LogP contribution in [0, 0.1) is 11.8 Å². The van der Waals surface area contributed by atoms with Crippen LogP contribution >= 0.6 is 0 Å². The molecule has 2 heterocycles. The molecule has 0 spiro atoms. The second kappa shape index (κ2) is 8.44. The van der Waals surface area contributed by atoms with Crippen molar-refractivity contribution in [3.63, 3.8) is 0 Å². The van der Waals surface area contributed by atoms with E-state index in [-0.39, 0.29) is 5.75 Å². The van der Waals surface area contributed by atoms with Gasteiger partial charge in [0.25, 0.3) is 0 Å². The highest BCUT2D eigenvalue weighted by Crippen LogP contribution is 2.33. The van der Waals surface area contributed by atoms with Gasteiger partial charge in [-0.3, -0.25) is 4.90 Å². The molecule has 2 aliphatic carbocycles. The number of likely N-dealkylation sites (tertiary alicyclic amines) is 1. The van der Waals surface area contributed by atoms with Gasteiger partial charge in [-0.1, -0.05) is 19.3 Å². The first-order valence-corrected chi connectivity index (χ1v) is 12.7. The molecule has 3 fully saturated rings. The van der Waals surface area contributed by atoms with E-state index in [9.17, 15) is 8.42 Å². The van der Waals surface area contributed by atoms with Gasteiger partial charge in [0, 0.05) is 32.2 Å². The first-order valence-electron chi connectivity index (χ1n) is 11.1. The van der Waals surface area contributed by atoms with Gasteiger partial charge >= 0.3 is 0 Å². The van der Waals surface area contributed by atoms with E-state index < -0.39 is 9.84 Å². The Morgan fingerprint density at radius 2 is 1.82 bits per heavy atom. The van der Waals surface area contributed by atoms with Crippen LogP contribution in [-0.2, 0) is 22.9 Å². The molecule has 0 radical (unpaired) electrons. The number of hydrogen-bond donors (Lipinski definition) is 0. The van der Waals surface area contributed by atoms with Gasteiger partial charge in [0.1, 0.15) is 0 Å². The van der Waals surface area contributed by atoms with Crippen LogP contribution in [0.4, 0.5) is 0 Å². The predicted molar refractivity (Wildman–Crippen MR) is 111 cm³/mol. The molecule has 4 rings (SSSR count). The first-order chi connectivity index (χ1) is 13.4. The highest BCUT2D eigenvalue weighted by Gasteiger charge is 2.33. The van der Waals surface area contributed by atoms with Gasteiger partial charge in [0.15, 0.2) is 0 Å². The van der Waals surface area contributed by atoms with Crippen LogP contribution in [0.5, 0.6) is 0 Å². The summed E-state index contributed by atoms with van der Waals surface area (Å²) < 4.78 is 28.1. The lowest BCUT2D eigenvalue weighted by Gasteiger charge is -2.25. The predicted octanol–water partition coefficient (Wildman–Crippen LogP) is 2.78. The standard InChI is InChI=1S/C21H36N4O2S/c1-23(2)19-10-11-24(14-19)15-20-12-22-21(28(26,27)16-18-8-9-18)25(20)13-17-6-4-3-5-7-17/h12,17-19H,3-11,13-16H2,1-2H3. The third-order valence-corrected chi connectivity index (χ3v) is 8.65. The SMILES string of the molecule is CN(C)C1CCN(Cc2cnc(S(=O)(=O)CC3CC3)n2CC2CCCCC2)C1. The maximum atomic E-state index is 13.0. The molecule has 3 aliphatic rings. The Morgan fingerprint density at radius 3 is 2.46 bits per heavy atom. The lowest BCUT2D eigenvalue weighted by molar-refractivity contribution is 0.255. The van der Waals surface area contributed by atoms with Gasteiger partial charge in [-0.15, -0.1) is 0 Å². The highest BCUT2D eigenvalue weighted by atomic mass is 32.2. The van der Waals surface area contributed by atoms with Crippen LogP contribution in [0.1, 0.15) is 57.1 Å². The van der Waals surface area contributed by atoms with Crippen molar-refractivity contribution in [2.45, 2.75) is 75.7 Å². The first kappa shape index (κ1) is 20.4. The zero-order valence-electron chi connectivity index (χ0n) is 17.5. The van der Waals surface area contributed by atoms with Gasteiger partial charge in [-0.2, -0.15) is 0 Å². The molecule has 1 aromatic heterocycles. The minimum atomic E-state index is -3.29. The van der Waals surface area contributed by atoms with Crippen LogP contribution in [0.3, 0.4) is 0 Å². The van der Waals surface area contributed by atoms with Gasteiger partial charge < -0.3 is 9.47 Å². The van der Waals surface area contributed by atoms with E-state index in [1.54, 1.807) is 0 Å². The van der Waals surface area contributed by atoms with Gasteiger partial charge in [0.2, 0.25) is 15.0 Å². The van der Waals surface area contributed by atoms with Crippen molar-refractivity contribution in [1.82, 2.24) is 19.4 Å². The lowest BCUT2D eigenvalue weighted by atomic mass is 9.89. The molecule has 1 unspecified atom stereocenters. The van der Waals surface area contributed by atoms with Crippen molar-refractivity contribution >= 4 is 9.84 Å². The largest absolute Gasteiger partial charge is 0.317 e. The quantitative estimate of drug-likeness (QED) is 0.662. The summed E-state index contributed by atoms with van der Waals surface area (Å²) in [5.41, 5.74) is 1.08. The highest BCUT2D eigenvalue weighted by molar-refractivity contribution is 7.91. The number of nitrogens with zero attached hydrogens (tertiary/aromatic N) is 4. The fraction of sp³-hybridized carbons (Fsp3) is 0.857. The van der Waals surface area contributed by atoms with Crippen molar-refractivity contribution in [2.75, 3.05) is 32.9 Å². The smallest absolute Gasteiger partial charge is 0.227 e. The number of sulfone groups is 1. The average molecular weight is 409 g/mol. The van der Waals surface area contributed by atoms with Crippen LogP contribution in [0.2, 0.25) is 0 Å². The second-order valence-corrected chi connectivity index (χ2v) is 11.4. The van der Waals surface area contributed by atoms with Crippen LogP contribution in [-0.4, -0.2) is 66.7 Å². The summed E-state index contributed by atoms with van der Waals surface area (Å²) in [7, 11) is 0.995. The van der Waals surface area contributed by atoms with E-state index in [0.717, 1.165) is 44.7 Å². The van der Waals surface area contributed by atoms with Crippen LogP contribution in [0.15, 0.2) is 11.4 Å². The maximum absolute atomic E-state index is 13.0. The molecular weight excluding hydrogens is 372 g/mol. The average Bonchev–Trinajstić information content (AvgIpc) is 3.17. The fourth-order valence-corrected chi connectivity index (χ4v) is 6.71. The van der Waals surface area contributed by atoms with Crippen LogP contribution < -0.4 is 0 Å². The molecule has 1 aromatic rings. The third kappa shape index (κ3) is 4.79. The van der Waals surface area contributed by atoms with E-state index in [2.05, 4.69) is 33.4 Å². The van der Waals surface area contributed by atoms with E-state index in [1.807, 2.05) is 6.20 Å². The molecule has 6 nitrogen and oxygen atoms in total. The molecule has 7 heteroatoms. The Balaban J connectivity index is 1.54. The number of rotatable bonds is 8. The van der Waals surface area contributed by atoms with Gasteiger partial charge in [0.05, 0.1) is 17.6 Å². The second-order valence-electron chi connectivity index (χ2n) is 9.51. The fourth-order valence-electron chi connectivity index (χ4n) is 4.87. The summed E-state index contributed by atoms with van der Waals surface area (Å²) in [6.07, 6.45) is 11.4. The van der Waals surface area contributed by atoms with Crippen LogP contribution in [0.25, 0.3) is 0 Å². The number of hydrogen-bond acceptors (Lipinski definition) is 5. The Morgan fingerprint density at radius 1 is 1.07 bits per heavy atom. The summed E-state index contributed by atoms with van der Waals surface area (Å²) in [5.74, 6) is 1.22. The molecule has 1 atom stereocenters. The van der Waals surface area contributed by atoms with E-state index >= 15 is 0 Å². The van der Waals surface area contributed by atoms with E-state index in [4.69, 9.17) is 0 Å². The molecule has 0 bridgehead atoms. The monoisotopic (exact) mass is 408 g/mol. The van der Waals surface area contributed by atoms with E-state index in [0.29, 0.717) is 23.0 Å². The molecule has 28 heavy (non-hydrogen) atoms. The Kier molecular flexibility index (Phi) is 6.14. The zero-order valence-corrected chi connectivity index (χ0v) is 18.3. The van der Waals surface area contributed by atoms with Crippen molar-refractivity contribution in [2.24, 2.45) is 11.8 Å². The zero-order chi connectivity index (χ0) is 19.7. The maximum Gasteiger partial charge on any atom is 0.227 e. The van der Waals surface area contributed by atoms with Gasteiger partial charge in [-0.25, -0.2) is 13.4 Å². The molecule has 158 valence electrons. The Labute approximate surface area is 170 Å². The summed E-state index contributed by atoms with van der Waals surface area (Å²) in [5, 5.41) is 0.336. The summed E-state index contributed by atoms with van der Waals surface area (Å²) in [6, 6.07) is 0.591. The van der Waals surface area contributed by atoms with Gasteiger partial charge in [-0.05, 0) is 58.0 Å². The minimum Gasteiger partial charge on any atom is -0.317 e. The van der Waals surface area contributed by atoms with Crippen molar-refractivity contribution in [3.05, 3.63) is 11.9 Å². The molecule has 0 amide bonds.